The molecule has 6 rings (SSSR count). The predicted octanol–water partition coefficient (Wildman–Crippen LogP) is 3.54. The van der Waals surface area contributed by atoms with E-state index < -0.39 is 0 Å². The zero-order chi connectivity index (χ0) is 22.9. The van der Waals surface area contributed by atoms with Crippen molar-refractivity contribution >= 4 is 23.0 Å². The minimum atomic E-state index is 0.607. The summed E-state index contributed by atoms with van der Waals surface area (Å²) >= 11 is 0. The number of rotatable bonds is 5. The largest absolute Gasteiger partial charge is 0.474 e. The number of hydrogen-bond donors (Lipinski definition) is 2. The molecule has 4 aromatic rings. The van der Waals surface area contributed by atoms with E-state index in [1.165, 1.54) is 11.1 Å². The van der Waals surface area contributed by atoms with E-state index in [-0.39, 0.29) is 0 Å². The molecule has 0 saturated heterocycles. The number of fused-ring (bicyclic) bond motifs is 2. The molecule has 9 nitrogen and oxygen atoms in total. The Morgan fingerprint density at radius 3 is 2.91 bits per heavy atom. The molecule has 0 unspecified atom stereocenters. The first-order chi connectivity index (χ1) is 16.7. The van der Waals surface area contributed by atoms with Gasteiger partial charge in [-0.1, -0.05) is 12.1 Å². The van der Waals surface area contributed by atoms with Gasteiger partial charge in [-0.25, -0.2) is 15.0 Å². The fourth-order valence-electron chi connectivity index (χ4n) is 4.50. The summed E-state index contributed by atoms with van der Waals surface area (Å²) in [6.45, 7) is 5.94. The molecule has 0 spiro atoms. The molecule has 0 saturated carbocycles. The molecule has 0 bridgehead atoms. The molecular weight excluding hydrogens is 428 g/mol. The Balaban J connectivity index is 1.18. The number of hydrogen-bond acceptors (Lipinski definition) is 8. The molecule has 2 aliphatic rings. The Bertz CT molecular complexity index is 1300. The van der Waals surface area contributed by atoms with Crippen molar-refractivity contribution in [3.63, 3.8) is 0 Å². The zero-order valence-electron chi connectivity index (χ0n) is 19.0. The smallest absolute Gasteiger partial charge is 0.237 e. The van der Waals surface area contributed by atoms with Crippen molar-refractivity contribution in [2.24, 2.45) is 0 Å². The second-order valence-corrected chi connectivity index (χ2v) is 8.59. The van der Waals surface area contributed by atoms with Crippen LogP contribution >= 0.6 is 0 Å². The second-order valence-electron chi connectivity index (χ2n) is 8.59. The van der Waals surface area contributed by atoms with Gasteiger partial charge in [0.2, 0.25) is 11.8 Å². The van der Waals surface area contributed by atoms with E-state index in [4.69, 9.17) is 9.72 Å². The van der Waals surface area contributed by atoms with Crippen LogP contribution in [0.25, 0.3) is 0 Å². The van der Waals surface area contributed by atoms with Crippen LogP contribution in [-0.4, -0.2) is 44.4 Å². The van der Waals surface area contributed by atoms with Crippen LogP contribution in [0.5, 0.6) is 5.88 Å². The Hall–Kier alpha value is -4.14. The van der Waals surface area contributed by atoms with E-state index in [9.17, 15) is 0 Å². The van der Waals surface area contributed by atoms with Crippen molar-refractivity contribution in [1.82, 2.24) is 24.7 Å². The number of aromatic nitrogens is 5. The van der Waals surface area contributed by atoms with Crippen LogP contribution in [0.4, 0.5) is 23.0 Å². The van der Waals surface area contributed by atoms with Gasteiger partial charge >= 0.3 is 0 Å². The van der Waals surface area contributed by atoms with Crippen molar-refractivity contribution in [2.45, 2.75) is 26.4 Å². The molecule has 0 atom stereocenters. The molecule has 0 amide bonds. The first-order valence-corrected chi connectivity index (χ1v) is 11.5. The molecule has 9 heteroatoms. The van der Waals surface area contributed by atoms with Gasteiger partial charge in [0.1, 0.15) is 12.3 Å². The minimum absolute atomic E-state index is 0.607. The van der Waals surface area contributed by atoms with E-state index in [1.807, 2.05) is 41.5 Å². The molecule has 0 aliphatic carbocycles. The standard InChI is InChI=1S/C25H26N8O/c1-17-22(14-27-24-23(17)26-9-12-34-24)32-11-7-19-13-28-25(31-21(19)16-32)30-20-5-3-18(4-6-20)15-33-10-2-8-29-33/h2-6,8,10,13-14,26H,7,9,11-12,15-16H2,1H3,(H,28,30,31). The van der Waals surface area contributed by atoms with Crippen LogP contribution in [0.3, 0.4) is 0 Å². The second kappa shape index (κ2) is 8.66. The van der Waals surface area contributed by atoms with E-state index >= 15 is 0 Å². The molecule has 34 heavy (non-hydrogen) atoms. The molecule has 0 radical (unpaired) electrons. The number of benzene rings is 1. The molecule has 0 fully saturated rings. The van der Waals surface area contributed by atoms with Crippen molar-refractivity contribution in [1.29, 1.82) is 0 Å². The first-order valence-electron chi connectivity index (χ1n) is 11.5. The van der Waals surface area contributed by atoms with Gasteiger partial charge in [0.15, 0.2) is 0 Å². The van der Waals surface area contributed by atoms with Gasteiger partial charge in [-0.05, 0) is 42.7 Å². The normalized spacial score (nSPS) is 14.6. The highest BCUT2D eigenvalue weighted by atomic mass is 16.5. The average Bonchev–Trinajstić information content (AvgIpc) is 3.38. The lowest BCUT2D eigenvalue weighted by Crippen LogP contribution is -2.32. The quantitative estimate of drug-likeness (QED) is 0.473. The maximum atomic E-state index is 5.68. The summed E-state index contributed by atoms with van der Waals surface area (Å²) in [5, 5.41) is 11.0. The molecule has 172 valence electrons. The molecule has 1 aromatic carbocycles. The minimum Gasteiger partial charge on any atom is -0.474 e. The van der Waals surface area contributed by atoms with Crippen molar-refractivity contribution in [2.75, 3.05) is 35.2 Å². The monoisotopic (exact) mass is 454 g/mol. The van der Waals surface area contributed by atoms with Crippen LogP contribution in [-0.2, 0) is 19.5 Å². The highest BCUT2D eigenvalue weighted by Gasteiger charge is 2.24. The van der Waals surface area contributed by atoms with E-state index in [1.54, 1.807) is 6.20 Å². The van der Waals surface area contributed by atoms with Crippen molar-refractivity contribution < 1.29 is 4.74 Å². The van der Waals surface area contributed by atoms with Crippen molar-refractivity contribution in [3.05, 3.63) is 77.5 Å². The third-order valence-electron chi connectivity index (χ3n) is 6.32. The summed E-state index contributed by atoms with van der Waals surface area (Å²) in [6.07, 6.45) is 8.51. The highest BCUT2D eigenvalue weighted by Crippen LogP contribution is 2.36. The third kappa shape index (κ3) is 4.00. The molecule has 3 aromatic heterocycles. The van der Waals surface area contributed by atoms with Gasteiger partial charge < -0.3 is 20.3 Å². The fraction of sp³-hybridized carbons (Fsp3) is 0.280. The molecule has 5 heterocycles. The maximum Gasteiger partial charge on any atom is 0.237 e. The van der Waals surface area contributed by atoms with Crippen LogP contribution in [0.15, 0.2) is 55.1 Å². The summed E-state index contributed by atoms with van der Waals surface area (Å²) < 4.78 is 7.59. The van der Waals surface area contributed by atoms with E-state index in [0.29, 0.717) is 18.4 Å². The number of anilines is 4. The number of nitrogens with one attached hydrogen (secondary N) is 2. The molecule has 2 aliphatic heterocycles. The van der Waals surface area contributed by atoms with E-state index in [0.717, 1.165) is 60.9 Å². The summed E-state index contributed by atoms with van der Waals surface area (Å²) in [7, 11) is 0. The Morgan fingerprint density at radius 2 is 2.06 bits per heavy atom. The van der Waals surface area contributed by atoms with Gasteiger partial charge in [-0.2, -0.15) is 5.10 Å². The van der Waals surface area contributed by atoms with Gasteiger partial charge in [0.05, 0.1) is 30.7 Å². The lowest BCUT2D eigenvalue weighted by atomic mass is 10.0. The molecule has 2 N–H and O–H groups in total. The summed E-state index contributed by atoms with van der Waals surface area (Å²) in [5.41, 5.74) is 7.65. The number of nitrogens with zero attached hydrogens (tertiary/aromatic N) is 6. The van der Waals surface area contributed by atoms with Crippen molar-refractivity contribution in [3.8, 4) is 5.88 Å². The molecular formula is C25H26N8O. The number of ether oxygens (including phenoxy) is 1. The zero-order valence-corrected chi connectivity index (χ0v) is 19.0. The van der Waals surface area contributed by atoms with Crippen LogP contribution in [0, 0.1) is 6.92 Å². The van der Waals surface area contributed by atoms with Gasteiger partial charge in [-0.15, -0.1) is 0 Å². The summed E-state index contributed by atoms with van der Waals surface area (Å²) in [5.74, 6) is 1.30. The number of pyridine rings is 1. The fourth-order valence-corrected chi connectivity index (χ4v) is 4.50. The van der Waals surface area contributed by atoms with Gasteiger partial charge in [-0.3, -0.25) is 4.68 Å². The van der Waals surface area contributed by atoms with Crippen LogP contribution in [0.2, 0.25) is 0 Å². The topological polar surface area (TPSA) is 93.0 Å². The third-order valence-corrected chi connectivity index (χ3v) is 6.32. The van der Waals surface area contributed by atoms with Crippen LogP contribution < -0.4 is 20.3 Å². The van der Waals surface area contributed by atoms with Gasteiger partial charge in [0.25, 0.3) is 0 Å². The first kappa shape index (κ1) is 20.5. The van der Waals surface area contributed by atoms with Crippen LogP contribution in [0.1, 0.15) is 22.4 Å². The maximum absolute atomic E-state index is 5.68. The Labute approximate surface area is 197 Å². The Kier molecular flexibility index (Phi) is 5.21. The lowest BCUT2D eigenvalue weighted by molar-refractivity contribution is 0.310. The average molecular weight is 455 g/mol. The highest BCUT2D eigenvalue weighted by molar-refractivity contribution is 5.70. The summed E-state index contributed by atoms with van der Waals surface area (Å²) in [4.78, 5) is 16.3. The Morgan fingerprint density at radius 1 is 1.15 bits per heavy atom. The lowest BCUT2D eigenvalue weighted by Gasteiger charge is -2.32. The SMILES string of the molecule is Cc1c(N2CCc3cnc(Nc4ccc(Cn5cccn5)cc4)nc3C2)cnc2c1NCCO2. The van der Waals surface area contributed by atoms with Gasteiger partial charge in [0, 0.05) is 42.9 Å². The summed E-state index contributed by atoms with van der Waals surface area (Å²) in [6, 6.07) is 10.2. The van der Waals surface area contributed by atoms with E-state index in [2.05, 4.69) is 49.7 Å². The predicted molar refractivity (Wildman–Crippen MR) is 131 cm³/mol.